The second kappa shape index (κ2) is 10.7. The van der Waals surface area contributed by atoms with E-state index in [-0.39, 0.29) is 16.9 Å². The quantitative estimate of drug-likeness (QED) is 0.460. The number of anilines is 2. The van der Waals surface area contributed by atoms with Gasteiger partial charge in [0.1, 0.15) is 0 Å². The Labute approximate surface area is 218 Å². The lowest BCUT2D eigenvalue weighted by Crippen LogP contribution is -2.38. The molecule has 1 aliphatic heterocycles. The van der Waals surface area contributed by atoms with Crippen molar-refractivity contribution < 1.29 is 22.7 Å². The Morgan fingerprint density at radius 1 is 1.11 bits per heavy atom. The topological polar surface area (TPSA) is 115 Å². The number of carbonyl (C=O) groups excluding carboxylic acids is 1. The molecule has 1 aromatic heterocycles. The lowest BCUT2D eigenvalue weighted by atomic mass is 9.86. The minimum Gasteiger partial charge on any atom is -0.492 e. The molecule has 1 amide bonds. The third-order valence-electron chi connectivity index (χ3n) is 6.31. The number of ether oxygens (including phenoxy) is 2. The molecule has 0 aliphatic carbocycles. The van der Waals surface area contributed by atoms with Crippen molar-refractivity contribution in [2.45, 2.75) is 32.7 Å². The van der Waals surface area contributed by atoms with E-state index in [1.807, 2.05) is 55.8 Å². The van der Waals surface area contributed by atoms with Crippen LogP contribution in [-0.4, -0.2) is 75.2 Å². The SMILES string of the molecule is COc1c(NC(=O)c2nn(CCN3CCOCC3)c3ccccc23)cc(C(C)(C)C)cc1NS(C)(=O)=O. The molecule has 0 unspecified atom stereocenters. The fraction of sp³-hybridized carbons (Fsp3) is 0.462. The van der Waals surface area contributed by atoms with Gasteiger partial charge in [-0.05, 0) is 29.2 Å². The van der Waals surface area contributed by atoms with E-state index in [2.05, 4.69) is 20.0 Å². The molecule has 1 saturated heterocycles. The molecule has 2 heterocycles. The first-order valence-electron chi connectivity index (χ1n) is 12.2. The van der Waals surface area contributed by atoms with Crippen LogP contribution in [0.15, 0.2) is 36.4 Å². The molecule has 1 fully saturated rings. The van der Waals surface area contributed by atoms with E-state index in [1.54, 1.807) is 6.07 Å². The monoisotopic (exact) mass is 529 g/mol. The molecular formula is C26H35N5O5S. The number of fused-ring (bicyclic) bond motifs is 1. The van der Waals surface area contributed by atoms with Crippen LogP contribution in [0.25, 0.3) is 10.9 Å². The zero-order valence-corrected chi connectivity index (χ0v) is 22.8. The molecule has 0 spiro atoms. The van der Waals surface area contributed by atoms with Gasteiger partial charge in [0, 0.05) is 25.0 Å². The van der Waals surface area contributed by atoms with Gasteiger partial charge in [-0.3, -0.25) is 19.1 Å². The van der Waals surface area contributed by atoms with Crippen LogP contribution >= 0.6 is 0 Å². The van der Waals surface area contributed by atoms with E-state index in [0.717, 1.165) is 55.6 Å². The molecule has 0 saturated carbocycles. The van der Waals surface area contributed by atoms with E-state index >= 15 is 0 Å². The van der Waals surface area contributed by atoms with Crippen LogP contribution in [-0.2, 0) is 26.7 Å². The average Bonchev–Trinajstić information content (AvgIpc) is 3.20. The van der Waals surface area contributed by atoms with Crippen molar-refractivity contribution in [2.75, 3.05) is 56.3 Å². The van der Waals surface area contributed by atoms with Crippen molar-refractivity contribution in [3.63, 3.8) is 0 Å². The number of sulfonamides is 1. The van der Waals surface area contributed by atoms with Gasteiger partial charge in [-0.2, -0.15) is 5.10 Å². The summed E-state index contributed by atoms with van der Waals surface area (Å²) in [5, 5.41) is 8.34. The zero-order valence-electron chi connectivity index (χ0n) is 22.0. The summed E-state index contributed by atoms with van der Waals surface area (Å²) >= 11 is 0. The standard InChI is InChI=1S/C26H35N5O5S/c1-26(2,3)18-16-20(24(35-4)21(17-18)29-37(5,33)34)27-25(32)23-19-8-6-7-9-22(19)31(28-23)11-10-30-12-14-36-15-13-30/h6-9,16-17,29H,10-15H2,1-5H3,(H,27,32). The molecule has 11 heteroatoms. The Balaban J connectivity index is 1.68. The van der Waals surface area contributed by atoms with Gasteiger partial charge in [0.25, 0.3) is 5.91 Å². The number of aromatic nitrogens is 2. The predicted octanol–water partition coefficient (Wildman–Crippen LogP) is 3.30. The Hall–Kier alpha value is -3.15. The number of benzene rings is 2. The number of nitrogens with one attached hydrogen (secondary N) is 2. The fourth-order valence-corrected chi connectivity index (χ4v) is 4.91. The lowest BCUT2D eigenvalue weighted by Gasteiger charge is -2.26. The van der Waals surface area contributed by atoms with Gasteiger partial charge in [-0.1, -0.05) is 39.0 Å². The summed E-state index contributed by atoms with van der Waals surface area (Å²) in [6.45, 7) is 10.7. The van der Waals surface area contributed by atoms with Crippen LogP contribution in [0.3, 0.4) is 0 Å². The van der Waals surface area contributed by atoms with Crippen molar-refractivity contribution in [3.05, 3.63) is 47.7 Å². The van der Waals surface area contributed by atoms with Crippen molar-refractivity contribution in [1.82, 2.24) is 14.7 Å². The van der Waals surface area contributed by atoms with Gasteiger partial charge in [-0.25, -0.2) is 8.42 Å². The number of rotatable bonds is 8. The number of methoxy groups -OCH3 is 1. The van der Waals surface area contributed by atoms with Crippen LogP contribution in [0.1, 0.15) is 36.8 Å². The summed E-state index contributed by atoms with van der Waals surface area (Å²) < 4.78 is 39.4. The van der Waals surface area contributed by atoms with Crippen molar-refractivity contribution in [3.8, 4) is 5.75 Å². The van der Waals surface area contributed by atoms with E-state index in [9.17, 15) is 13.2 Å². The first kappa shape index (κ1) is 26.9. The molecule has 37 heavy (non-hydrogen) atoms. The molecule has 4 rings (SSSR count). The zero-order chi connectivity index (χ0) is 26.8. The second-order valence-electron chi connectivity index (χ2n) is 10.2. The van der Waals surface area contributed by atoms with E-state index in [0.29, 0.717) is 17.9 Å². The summed E-state index contributed by atoms with van der Waals surface area (Å²) in [7, 11) is -2.15. The molecular weight excluding hydrogens is 494 g/mol. The molecule has 3 aromatic rings. The average molecular weight is 530 g/mol. The van der Waals surface area contributed by atoms with Gasteiger partial charge in [0.05, 0.1) is 50.0 Å². The van der Waals surface area contributed by atoms with E-state index < -0.39 is 15.9 Å². The minimum absolute atomic E-state index is 0.225. The van der Waals surface area contributed by atoms with Gasteiger partial charge < -0.3 is 14.8 Å². The first-order chi connectivity index (χ1) is 17.5. The highest BCUT2D eigenvalue weighted by Gasteiger charge is 2.24. The first-order valence-corrected chi connectivity index (χ1v) is 14.1. The number of para-hydroxylation sites is 1. The Morgan fingerprint density at radius 2 is 1.78 bits per heavy atom. The third kappa shape index (κ3) is 6.41. The van der Waals surface area contributed by atoms with E-state index in [1.165, 1.54) is 7.11 Å². The van der Waals surface area contributed by atoms with Crippen LogP contribution < -0.4 is 14.8 Å². The van der Waals surface area contributed by atoms with Crippen molar-refractivity contribution in [1.29, 1.82) is 0 Å². The Kier molecular flexibility index (Phi) is 7.77. The van der Waals surface area contributed by atoms with Crippen molar-refractivity contribution >= 4 is 38.2 Å². The summed E-state index contributed by atoms with van der Waals surface area (Å²) in [5.41, 5.74) is 2.30. The van der Waals surface area contributed by atoms with Gasteiger partial charge >= 0.3 is 0 Å². The van der Waals surface area contributed by atoms with E-state index in [4.69, 9.17) is 9.47 Å². The smallest absolute Gasteiger partial charge is 0.276 e. The Bertz CT molecular complexity index is 1390. The number of morpholine rings is 1. The maximum absolute atomic E-state index is 13.6. The molecule has 2 aromatic carbocycles. The van der Waals surface area contributed by atoms with Crippen molar-refractivity contribution in [2.24, 2.45) is 0 Å². The maximum atomic E-state index is 13.6. The second-order valence-corrected chi connectivity index (χ2v) is 12.0. The highest BCUT2D eigenvalue weighted by molar-refractivity contribution is 7.92. The predicted molar refractivity (Wildman–Crippen MR) is 145 cm³/mol. The molecule has 10 nitrogen and oxygen atoms in total. The summed E-state index contributed by atoms with van der Waals surface area (Å²) in [5.74, 6) is -0.182. The third-order valence-corrected chi connectivity index (χ3v) is 6.90. The molecule has 1 aliphatic rings. The molecule has 0 radical (unpaired) electrons. The number of hydrogen-bond donors (Lipinski definition) is 2. The highest BCUT2D eigenvalue weighted by Crippen LogP contribution is 2.39. The largest absolute Gasteiger partial charge is 0.492 e. The number of carbonyl (C=O) groups is 1. The van der Waals surface area contributed by atoms with Crippen LogP contribution in [0.5, 0.6) is 5.75 Å². The van der Waals surface area contributed by atoms with Gasteiger partial charge in [-0.15, -0.1) is 0 Å². The maximum Gasteiger partial charge on any atom is 0.276 e. The number of amides is 1. The lowest BCUT2D eigenvalue weighted by molar-refractivity contribution is 0.0361. The van der Waals surface area contributed by atoms with Crippen LogP contribution in [0.4, 0.5) is 11.4 Å². The van der Waals surface area contributed by atoms with Gasteiger partial charge in [0.15, 0.2) is 11.4 Å². The van der Waals surface area contributed by atoms with Crippen LogP contribution in [0.2, 0.25) is 0 Å². The normalized spacial score (nSPS) is 15.1. The summed E-state index contributed by atoms with van der Waals surface area (Å²) in [6, 6.07) is 11.2. The van der Waals surface area contributed by atoms with Gasteiger partial charge in [0.2, 0.25) is 10.0 Å². The molecule has 2 N–H and O–H groups in total. The number of hydrogen-bond acceptors (Lipinski definition) is 7. The Morgan fingerprint density at radius 3 is 2.43 bits per heavy atom. The summed E-state index contributed by atoms with van der Waals surface area (Å²) in [6.07, 6.45) is 1.07. The fourth-order valence-electron chi connectivity index (χ4n) is 4.36. The highest BCUT2D eigenvalue weighted by atomic mass is 32.2. The number of nitrogens with zero attached hydrogens (tertiary/aromatic N) is 3. The summed E-state index contributed by atoms with van der Waals surface area (Å²) in [4.78, 5) is 15.9. The molecule has 0 atom stereocenters. The minimum atomic E-state index is -3.58. The molecule has 0 bridgehead atoms. The molecule has 200 valence electrons. The van der Waals surface area contributed by atoms with Crippen LogP contribution in [0, 0.1) is 0 Å².